The summed E-state index contributed by atoms with van der Waals surface area (Å²) in [5, 5.41) is 12.6. The lowest BCUT2D eigenvalue weighted by Crippen LogP contribution is -2.09. The van der Waals surface area contributed by atoms with Crippen LogP contribution in [0.15, 0.2) is 18.6 Å². The van der Waals surface area contributed by atoms with Gasteiger partial charge in [-0.3, -0.25) is 4.98 Å². The van der Waals surface area contributed by atoms with Gasteiger partial charge in [-0.25, -0.2) is 19.3 Å². The highest BCUT2D eigenvalue weighted by Gasteiger charge is 2.16. The van der Waals surface area contributed by atoms with Crippen molar-refractivity contribution in [2.75, 3.05) is 12.8 Å². The molecule has 0 aromatic carbocycles. The molecule has 2 heterocycles. The molecule has 3 N–H and O–H groups in total. The van der Waals surface area contributed by atoms with Crippen molar-refractivity contribution in [1.82, 2.24) is 19.7 Å². The fourth-order valence-electron chi connectivity index (χ4n) is 1.34. The smallest absolute Gasteiger partial charge is 0.358 e. The molecule has 0 aliphatic rings. The van der Waals surface area contributed by atoms with Crippen LogP contribution >= 0.6 is 0 Å². The van der Waals surface area contributed by atoms with Crippen LogP contribution in [0.2, 0.25) is 0 Å². The number of hydrogen-bond donors (Lipinski definition) is 2. The van der Waals surface area contributed by atoms with Crippen molar-refractivity contribution >= 4 is 17.6 Å². The Balaban J connectivity index is 2.45. The zero-order chi connectivity index (χ0) is 14.0. The molecule has 0 atom stereocenters. The number of aromatic nitrogens is 4. The van der Waals surface area contributed by atoms with Gasteiger partial charge < -0.3 is 15.6 Å². The summed E-state index contributed by atoms with van der Waals surface area (Å²) in [6.07, 6.45) is 3.80. The molecule has 0 spiro atoms. The van der Waals surface area contributed by atoms with E-state index in [1.165, 1.54) is 25.7 Å². The lowest BCUT2D eigenvalue weighted by Gasteiger charge is -2.01. The Kier molecular flexibility index (Phi) is 3.10. The van der Waals surface area contributed by atoms with Crippen LogP contribution in [0.5, 0.6) is 0 Å². The van der Waals surface area contributed by atoms with Gasteiger partial charge in [0.25, 0.3) is 0 Å². The minimum Gasteiger partial charge on any atom is -0.476 e. The first kappa shape index (κ1) is 12.5. The van der Waals surface area contributed by atoms with Gasteiger partial charge in [0.1, 0.15) is 0 Å². The van der Waals surface area contributed by atoms with Crippen LogP contribution in [-0.2, 0) is 4.74 Å². The second kappa shape index (κ2) is 4.72. The maximum Gasteiger partial charge on any atom is 0.358 e. The average Bonchev–Trinajstić information content (AvgIpc) is 2.80. The normalized spacial score (nSPS) is 10.2. The highest BCUT2D eigenvalue weighted by molar-refractivity contribution is 5.91. The van der Waals surface area contributed by atoms with Crippen LogP contribution in [-0.4, -0.2) is 43.9 Å². The summed E-state index contributed by atoms with van der Waals surface area (Å²) in [7, 11) is 1.21. The van der Waals surface area contributed by atoms with Crippen molar-refractivity contribution in [2.45, 2.75) is 0 Å². The molecule has 9 heteroatoms. The van der Waals surface area contributed by atoms with Crippen molar-refractivity contribution in [1.29, 1.82) is 0 Å². The van der Waals surface area contributed by atoms with E-state index in [1.807, 2.05) is 0 Å². The van der Waals surface area contributed by atoms with Gasteiger partial charge in [0.15, 0.2) is 17.2 Å². The van der Waals surface area contributed by atoms with E-state index in [-0.39, 0.29) is 22.9 Å². The van der Waals surface area contributed by atoms with E-state index in [0.717, 1.165) is 4.68 Å². The monoisotopic (exact) mass is 263 g/mol. The van der Waals surface area contributed by atoms with E-state index in [4.69, 9.17) is 10.8 Å². The van der Waals surface area contributed by atoms with Gasteiger partial charge in [-0.15, -0.1) is 0 Å². The molecule has 0 fully saturated rings. The minimum atomic E-state index is -1.26. The number of aromatic carboxylic acids is 1. The molecule has 2 rings (SSSR count). The molecule has 0 aliphatic heterocycles. The first-order valence-electron chi connectivity index (χ1n) is 5.02. The lowest BCUT2D eigenvalue weighted by atomic mass is 10.4. The molecule has 0 saturated carbocycles. The molecule has 0 bridgehead atoms. The second-order valence-corrected chi connectivity index (χ2v) is 3.44. The maximum atomic E-state index is 11.3. The summed E-state index contributed by atoms with van der Waals surface area (Å²) in [6, 6.07) is 0. The third-order valence-electron chi connectivity index (χ3n) is 2.20. The van der Waals surface area contributed by atoms with E-state index >= 15 is 0 Å². The Morgan fingerprint density at radius 1 is 1.42 bits per heavy atom. The predicted octanol–water partition coefficient (Wildman–Crippen LogP) is -0.271. The highest BCUT2D eigenvalue weighted by atomic mass is 16.5. The second-order valence-electron chi connectivity index (χ2n) is 3.44. The zero-order valence-corrected chi connectivity index (χ0v) is 9.77. The maximum absolute atomic E-state index is 11.3. The molecular formula is C10H9N5O4. The zero-order valence-electron chi connectivity index (χ0n) is 9.77. The van der Waals surface area contributed by atoms with Crippen LogP contribution in [0.4, 0.5) is 5.69 Å². The quantitative estimate of drug-likeness (QED) is 0.723. The van der Waals surface area contributed by atoms with Crippen molar-refractivity contribution in [3.8, 4) is 5.82 Å². The number of ether oxygens (including phenoxy) is 1. The van der Waals surface area contributed by atoms with Gasteiger partial charge in [0.2, 0.25) is 0 Å². The fraction of sp³-hybridized carbons (Fsp3) is 0.100. The number of nitrogens with zero attached hydrogens (tertiary/aromatic N) is 4. The van der Waals surface area contributed by atoms with Crippen molar-refractivity contribution in [3.63, 3.8) is 0 Å². The molecule has 0 radical (unpaired) electrons. The summed E-state index contributed by atoms with van der Waals surface area (Å²) in [6.45, 7) is 0. The number of anilines is 1. The number of carboxylic acid groups (broad SMARTS) is 1. The Bertz CT molecular complexity index is 651. The molecule has 2 aromatic rings. The summed E-state index contributed by atoms with van der Waals surface area (Å²) in [4.78, 5) is 29.9. The summed E-state index contributed by atoms with van der Waals surface area (Å²) < 4.78 is 5.63. The first-order chi connectivity index (χ1) is 9.02. The molecular weight excluding hydrogens is 254 g/mol. The van der Waals surface area contributed by atoms with Crippen LogP contribution < -0.4 is 5.73 Å². The third kappa shape index (κ3) is 2.34. The Hall–Kier alpha value is -2.97. The topological polar surface area (TPSA) is 133 Å². The largest absolute Gasteiger partial charge is 0.476 e. The molecule has 0 saturated heterocycles. The van der Waals surface area contributed by atoms with E-state index in [1.54, 1.807) is 0 Å². The Morgan fingerprint density at radius 3 is 2.74 bits per heavy atom. The molecule has 19 heavy (non-hydrogen) atoms. The molecule has 2 aromatic heterocycles. The van der Waals surface area contributed by atoms with Crippen LogP contribution in [0, 0.1) is 0 Å². The average molecular weight is 263 g/mol. The van der Waals surface area contributed by atoms with Gasteiger partial charge in [-0.2, -0.15) is 5.10 Å². The van der Waals surface area contributed by atoms with Gasteiger partial charge in [-0.1, -0.05) is 0 Å². The summed E-state index contributed by atoms with van der Waals surface area (Å²) in [5.41, 5.74) is 5.16. The number of nitrogens with two attached hydrogens (primary N) is 1. The minimum absolute atomic E-state index is 0.0160. The fourth-order valence-corrected chi connectivity index (χ4v) is 1.34. The number of hydrogen-bond acceptors (Lipinski definition) is 7. The number of carboxylic acids is 1. The number of carbonyl (C=O) groups is 2. The van der Waals surface area contributed by atoms with E-state index in [2.05, 4.69) is 19.8 Å². The third-order valence-corrected chi connectivity index (χ3v) is 2.20. The number of nitrogen functional groups attached to an aromatic ring is 1. The predicted molar refractivity (Wildman–Crippen MR) is 61.9 cm³/mol. The van der Waals surface area contributed by atoms with Gasteiger partial charge in [-0.05, 0) is 0 Å². The molecule has 9 nitrogen and oxygen atoms in total. The summed E-state index contributed by atoms with van der Waals surface area (Å²) >= 11 is 0. The van der Waals surface area contributed by atoms with Crippen molar-refractivity contribution in [3.05, 3.63) is 30.0 Å². The summed E-state index contributed by atoms with van der Waals surface area (Å²) in [5.74, 6) is -1.76. The SMILES string of the molecule is COC(=O)c1cncc(-n2cc(N)c(C(=O)O)n2)n1. The molecule has 0 unspecified atom stereocenters. The van der Waals surface area contributed by atoms with E-state index in [9.17, 15) is 9.59 Å². The Labute approximate surface area is 106 Å². The molecule has 0 aliphatic carbocycles. The van der Waals surface area contributed by atoms with Crippen molar-refractivity contribution < 1.29 is 19.4 Å². The van der Waals surface area contributed by atoms with Crippen molar-refractivity contribution in [2.24, 2.45) is 0 Å². The van der Waals surface area contributed by atoms with E-state index in [0.29, 0.717) is 0 Å². The van der Waals surface area contributed by atoms with E-state index < -0.39 is 11.9 Å². The standard InChI is InChI=1S/C10H9N5O4/c1-19-10(18)6-2-12-3-7(13-6)15-4-5(11)8(14-15)9(16)17/h2-4H,11H2,1H3,(H,16,17). The molecule has 98 valence electrons. The lowest BCUT2D eigenvalue weighted by molar-refractivity contribution is 0.0592. The number of esters is 1. The van der Waals surface area contributed by atoms with Crippen LogP contribution in [0.1, 0.15) is 21.0 Å². The molecule has 0 amide bonds. The highest BCUT2D eigenvalue weighted by Crippen LogP contribution is 2.12. The number of carbonyl (C=O) groups excluding carboxylic acids is 1. The number of rotatable bonds is 3. The number of methoxy groups -OCH3 is 1. The first-order valence-corrected chi connectivity index (χ1v) is 5.02. The van der Waals surface area contributed by atoms with Gasteiger partial charge in [0.05, 0.1) is 31.4 Å². The van der Waals surface area contributed by atoms with Crippen LogP contribution in [0.25, 0.3) is 5.82 Å². The van der Waals surface area contributed by atoms with Crippen LogP contribution in [0.3, 0.4) is 0 Å². The van der Waals surface area contributed by atoms with Gasteiger partial charge in [0, 0.05) is 0 Å². The van der Waals surface area contributed by atoms with Gasteiger partial charge >= 0.3 is 11.9 Å². The Morgan fingerprint density at radius 2 is 2.16 bits per heavy atom.